The predicted molar refractivity (Wildman–Crippen MR) is 141 cm³/mol. The third-order valence-electron chi connectivity index (χ3n) is 5.94. The van der Waals surface area contributed by atoms with E-state index in [9.17, 15) is 0 Å². The van der Waals surface area contributed by atoms with E-state index >= 15 is 0 Å². The molecule has 3 nitrogen and oxygen atoms in total. The molecule has 0 N–H and O–H groups in total. The zero-order chi connectivity index (χ0) is 23.3. The van der Waals surface area contributed by atoms with Crippen molar-refractivity contribution in [3.8, 4) is 17.2 Å². The van der Waals surface area contributed by atoms with Crippen LogP contribution in [0.25, 0.3) is 6.08 Å². The van der Waals surface area contributed by atoms with Gasteiger partial charge in [-0.1, -0.05) is 48.8 Å². The third kappa shape index (κ3) is 5.57. The first-order valence-corrected chi connectivity index (χ1v) is 12.2. The van der Waals surface area contributed by atoms with Crippen LogP contribution in [0.4, 0.5) is 0 Å². The van der Waals surface area contributed by atoms with Crippen molar-refractivity contribution in [2.45, 2.75) is 53.1 Å². The van der Waals surface area contributed by atoms with Gasteiger partial charge in [-0.3, -0.25) is 0 Å². The molecule has 0 spiro atoms. The van der Waals surface area contributed by atoms with Gasteiger partial charge in [0, 0.05) is 10.3 Å². The van der Waals surface area contributed by atoms with Gasteiger partial charge in [0.25, 0.3) is 0 Å². The monoisotopic (exact) mass is 468 g/mol. The summed E-state index contributed by atoms with van der Waals surface area (Å²) in [5, 5.41) is 0. The molecule has 1 heterocycles. The summed E-state index contributed by atoms with van der Waals surface area (Å²) >= 11 is 6.45. The number of allylic oxidation sites excluding steroid dienone is 1. The fraction of sp³-hybridized carbons (Fsp3) is 0.370. The van der Waals surface area contributed by atoms with E-state index in [1.807, 2.05) is 12.1 Å². The van der Waals surface area contributed by atoms with Crippen molar-refractivity contribution in [1.29, 1.82) is 0 Å². The maximum atomic E-state index is 6.57. The van der Waals surface area contributed by atoms with E-state index in [1.54, 1.807) is 22.5 Å². The summed E-state index contributed by atoms with van der Waals surface area (Å²) in [6.07, 6.45) is 5.72. The minimum absolute atomic E-state index is 0.384. The third-order valence-corrected chi connectivity index (χ3v) is 6.81. The van der Waals surface area contributed by atoms with Crippen LogP contribution in [0.5, 0.6) is 17.2 Å². The lowest BCUT2D eigenvalue weighted by Crippen LogP contribution is -2.42. The lowest BCUT2D eigenvalue weighted by Gasteiger charge is -2.38. The van der Waals surface area contributed by atoms with Gasteiger partial charge in [0.1, 0.15) is 36.1 Å². The van der Waals surface area contributed by atoms with Crippen molar-refractivity contribution < 1.29 is 14.2 Å². The highest BCUT2D eigenvalue weighted by Gasteiger charge is 2.35. The Bertz CT molecular complexity index is 1020. The van der Waals surface area contributed by atoms with E-state index in [1.165, 1.54) is 11.1 Å². The lowest BCUT2D eigenvalue weighted by molar-refractivity contribution is 0.0166. The number of hydrogen-bond donors (Lipinski definition) is 0. The minimum atomic E-state index is -0.384. The molecule has 2 aromatic carbocycles. The van der Waals surface area contributed by atoms with E-state index in [-0.39, 0.29) is 5.60 Å². The molecular formula is C27H32O3S2. The zero-order valence-corrected chi connectivity index (χ0v) is 21.3. The van der Waals surface area contributed by atoms with Crippen molar-refractivity contribution in [3.63, 3.8) is 0 Å². The van der Waals surface area contributed by atoms with Gasteiger partial charge in [0.05, 0.1) is 0 Å². The van der Waals surface area contributed by atoms with Gasteiger partial charge >= 0.3 is 0 Å². The number of fused-ring (bicyclic) bond motifs is 1. The summed E-state index contributed by atoms with van der Waals surface area (Å²) in [6, 6.07) is 8.13. The second kappa shape index (κ2) is 10.6. The van der Waals surface area contributed by atoms with Crippen LogP contribution in [0.3, 0.4) is 0 Å². The Morgan fingerprint density at radius 1 is 1.16 bits per heavy atom. The maximum absolute atomic E-state index is 6.57. The van der Waals surface area contributed by atoms with Crippen molar-refractivity contribution in [2.24, 2.45) is 0 Å². The quantitative estimate of drug-likeness (QED) is 0.282. The Labute approximate surface area is 201 Å². The van der Waals surface area contributed by atoms with Crippen molar-refractivity contribution >= 4 is 34.8 Å². The topological polar surface area (TPSA) is 27.7 Å². The minimum Gasteiger partial charge on any atom is -0.489 e. The molecule has 5 heteroatoms. The molecule has 0 radical (unpaired) electrons. The normalized spacial score (nSPS) is 17.8. The molecule has 1 unspecified atom stereocenters. The molecule has 0 saturated heterocycles. The zero-order valence-electron chi connectivity index (χ0n) is 19.6. The average molecular weight is 469 g/mol. The summed E-state index contributed by atoms with van der Waals surface area (Å²) in [5.74, 6) is 2.78. The molecule has 0 saturated carbocycles. The molecule has 2 aromatic rings. The number of thiocarbonyl (C=S) groups is 1. The molecule has 0 bridgehead atoms. The summed E-state index contributed by atoms with van der Waals surface area (Å²) < 4.78 is 20.3. The van der Waals surface area contributed by atoms with Crippen molar-refractivity contribution in [2.75, 3.05) is 13.2 Å². The Hall–Kier alpha value is -2.24. The Morgan fingerprint density at radius 2 is 1.88 bits per heavy atom. The average Bonchev–Trinajstić information content (AvgIpc) is 2.77. The molecule has 1 atom stereocenters. The fourth-order valence-electron chi connectivity index (χ4n) is 3.98. The van der Waals surface area contributed by atoms with Gasteiger partial charge in [0.2, 0.25) is 0 Å². The first kappa shape index (κ1) is 24.4. The van der Waals surface area contributed by atoms with E-state index in [0.717, 1.165) is 51.7 Å². The van der Waals surface area contributed by atoms with Crippen LogP contribution in [0.2, 0.25) is 0 Å². The number of rotatable bonds is 9. The Kier molecular flexibility index (Phi) is 8.07. The van der Waals surface area contributed by atoms with Gasteiger partial charge in [-0.25, -0.2) is 0 Å². The molecule has 32 heavy (non-hydrogen) atoms. The molecule has 1 aliphatic heterocycles. The molecule has 1 aliphatic rings. The van der Waals surface area contributed by atoms with Gasteiger partial charge in [0.15, 0.2) is 0 Å². The van der Waals surface area contributed by atoms with Crippen molar-refractivity contribution in [3.05, 3.63) is 69.6 Å². The predicted octanol–water partition coefficient (Wildman–Crippen LogP) is 7.39. The Morgan fingerprint density at radius 3 is 2.53 bits per heavy atom. The standard InChI is InChI=1S/C27H32O3S2/c1-7-14-28-25-19(3)20(4)26-24(21(25)5)12-13-27(6,30-26)16-29-23-10-8-22(9-11-23)15-18(2)32-17-31/h7-11,15,17H,1,12-14,16H2,2-6H3/b18-15-. The van der Waals surface area contributed by atoms with Crippen LogP contribution in [-0.4, -0.2) is 23.5 Å². The highest BCUT2D eigenvalue weighted by molar-refractivity contribution is 8.23. The van der Waals surface area contributed by atoms with Crippen LogP contribution in [0.15, 0.2) is 41.8 Å². The lowest BCUT2D eigenvalue weighted by atomic mass is 9.87. The number of ether oxygens (including phenoxy) is 3. The van der Waals surface area contributed by atoms with Gasteiger partial charge in [-0.05, 0) is 92.8 Å². The fourth-order valence-corrected chi connectivity index (χ4v) is 4.79. The molecule has 0 aliphatic carbocycles. The van der Waals surface area contributed by atoms with Crippen LogP contribution >= 0.6 is 24.0 Å². The number of thioether (sulfide) groups is 1. The van der Waals surface area contributed by atoms with Crippen LogP contribution < -0.4 is 14.2 Å². The molecule has 0 fully saturated rings. The molecule has 3 rings (SSSR count). The molecule has 0 aromatic heterocycles. The van der Waals surface area contributed by atoms with E-state index < -0.39 is 0 Å². The first-order valence-electron chi connectivity index (χ1n) is 10.8. The SMILES string of the molecule is C=CCOc1c(C)c(C)c2c(c1C)CCC(C)(COc1ccc(/C=C(/C)SC=S)cc1)O2. The van der Waals surface area contributed by atoms with E-state index in [4.69, 9.17) is 26.4 Å². The summed E-state index contributed by atoms with van der Waals surface area (Å²) in [5.41, 5.74) is 5.41. The Balaban J connectivity index is 1.72. The molecule has 0 amide bonds. The summed E-state index contributed by atoms with van der Waals surface area (Å²) in [4.78, 5) is 1.16. The number of hydrogen-bond acceptors (Lipinski definition) is 5. The maximum Gasteiger partial charge on any atom is 0.140 e. The summed E-state index contributed by atoms with van der Waals surface area (Å²) in [6.45, 7) is 15.3. The number of benzene rings is 2. The van der Waals surface area contributed by atoms with Crippen LogP contribution in [-0.2, 0) is 6.42 Å². The highest BCUT2D eigenvalue weighted by Crippen LogP contribution is 2.43. The second-order valence-corrected chi connectivity index (χ2v) is 10.1. The van der Waals surface area contributed by atoms with Crippen LogP contribution in [0, 0.1) is 20.8 Å². The molecule has 170 valence electrons. The smallest absolute Gasteiger partial charge is 0.140 e. The highest BCUT2D eigenvalue weighted by atomic mass is 32.2. The second-order valence-electron chi connectivity index (χ2n) is 8.49. The largest absolute Gasteiger partial charge is 0.489 e. The first-order chi connectivity index (χ1) is 15.3. The van der Waals surface area contributed by atoms with Gasteiger partial charge < -0.3 is 14.2 Å². The van der Waals surface area contributed by atoms with Gasteiger partial charge in [-0.2, -0.15) is 0 Å². The van der Waals surface area contributed by atoms with Crippen LogP contribution in [0.1, 0.15) is 48.1 Å². The summed E-state index contributed by atoms with van der Waals surface area (Å²) in [7, 11) is 0. The molecular weight excluding hydrogens is 436 g/mol. The van der Waals surface area contributed by atoms with Crippen molar-refractivity contribution in [1.82, 2.24) is 0 Å². The van der Waals surface area contributed by atoms with E-state index in [0.29, 0.717) is 13.2 Å². The van der Waals surface area contributed by atoms with Gasteiger partial charge in [-0.15, -0.1) is 0 Å². The van der Waals surface area contributed by atoms with E-state index in [2.05, 4.69) is 59.4 Å².